The zero-order valence-corrected chi connectivity index (χ0v) is 11.5. The Bertz CT molecular complexity index is 604. The van der Waals surface area contributed by atoms with Crippen molar-refractivity contribution >= 4 is 39.0 Å². The number of nitrogens with zero attached hydrogens (tertiary/aromatic N) is 2. The molecule has 0 aliphatic rings. The van der Waals surface area contributed by atoms with Crippen LogP contribution in [0, 0.1) is 0 Å². The van der Waals surface area contributed by atoms with Crippen LogP contribution >= 0.6 is 27.5 Å². The Hall–Kier alpha value is -1.34. The van der Waals surface area contributed by atoms with Crippen molar-refractivity contribution in [3.63, 3.8) is 0 Å². The summed E-state index contributed by atoms with van der Waals surface area (Å²) >= 11 is 8.51. The molecule has 0 saturated carbocycles. The monoisotopic (exact) mass is 351 g/mol. The normalized spacial score (nSPS) is 11.4. The second-order valence-electron chi connectivity index (χ2n) is 3.54. The number of halogens is 5. The highest BCUT2D eigenvalue weighted by Crippen LogP contribution is 2.36. The van der Waals surface area contributed by atoms with Crippen LogP contribution in [0.1, 0.15) is 5.56 Å². The molecule has 1 N–H and O–H groups in total. The fraction of sp³-hybridized carbons (Fsp3) is 0.0909. The zero-order chi connectivity index (χ0) is 14.0. The molecule has 3 nitrogen and oxygen atoms in total. The third-order valence-corrected chi connectivity index (χ3v) is 3.02. The smallest absolute Gasteiger partial charge is 0.339 e. The molecule has 8 heteroatoms. The van der Waals surface area contributed by atoms with Crippen molar-refractivity contribution in [2.45, 2.75) is 6.18 Å². The Morgan fingerprint density at radius 1 is 1.21 bits per heavy atom. The van der Waals surface area contributed by atoms with E-state index >= 15 is 0 Å². The Kier molecular flexibility index (Phi) is 3.96. The first-order valence-electron chi connectivity index (χ1n) is 4.97. The van der Waals surface area contributed by atoms with Crippen LogP contribution in [0.3, 0.4) is 0 Å². The number of nitrogens with one attached hydrogen (secondary N) is 1. The van der Waals surface area contributed by atoms with Crippen LogP contribution in [-0.4, -0.2) is 9.97 Å². The quantitative estimate of drug-likeness (QED) is 0.854. The van der Waals surface area contributed by atoms with Gasteiger partial charge in [-0.05, 0) is 18.2 Å². The van der Waals surface area contributed by atoms with Crippen LogP contribution in [0.2, 0.25) is 5.15 Å². The molecule has 0 amide bonds. The van der Waals surface area contributed by atoms with E-state index < -0.39 is 11.7 Å². The molecule has 19 heavy (non-hydrogen) atoms. The summed E-state index contributed by atoms with van der Waals surface area (Å²) in [6.07, 6.45) is -1.74. The second-order valence-corrected chi connectivity index (χ2v) is 4.79. The van der Waals surface area contributed by atoms with E-state index in [1.54, 1.807) is 0 Å². The third kappa shape index (κ3) is 3.57. The van der Waals surface area contributed by atoms with Gasteiger partial charge in [0.05, 0.1) is 18.0 Å². The van der Waals surface area contributed by atoms with Crippen LogP contribution in [-0.2, 0) is 6.18 Å². The summed E-state index contributed by atoms with van der Waals surface area (Å²) in [5.41, 5.74) is -0.528. The first-order chi connectivity index (χ1) is 8.86. The molecule has 100 valence electrons. The predicted octanol–water partition coefficient (Wildman–Crippen LogP) is 4.65. The molecule has 2 aromatic rings. The van der Waals surface area contributed by atoms with Gasteiger partial charge in [-0.1, -0.05) is 27.5 Å². The van der Waals surface area contributed by atoms with Crippen molar-refractivity contribution in [3.05, 3.63) is 45.8 Å². The maximum absolute atomic E-state index is 12.7. The Morgan fingerprint density at radius 3 is 2.58 bits per heavy atom. The van der Waals surface area contributed by atoms with Gasteiger partial charge in [-0.2, -0.15) is 13.2 Å². The highest BCUT2D eigenvalue weighted by Gasteiger charge is 2.33. The third-order valence-electron chi connectivity index (χ3n) is 2.15. The molecule has 0 saturated heterocycles. The number of hydrogen-bond donors (Lipinski definition) is 1. The zero-order valence-electron chi connectivity index (χ0n) is 9.17. The molecule has 0 aliphatic heterocycles. The summed E-state index contributed by atoms with van der Waals surface area (Å²) in [5, 5.41) is 2.86. The lowest BCUT2D eigenvalue weighted by atomic mass is 10.2. The summed E-state index contributed by atoms with van der Waals surface area (Å²) in [4.78, 5) is 7.66. The predicted molar refractivity (Wildman–Crippen MR) is 69.5 cm³/mol. The Morgan fingerprint density at radius 2 is 1.95 bits per heavy atom. The van der Waals surface area contributed by atoms with Gasteiger partial charge < -0.3 is 5.32 Å². The highest BCUT2D eigenvalue weighted by atomic mass is 79.9. The van der Waals surface area contributed by atoms with Crippen LogP contribution < -0.4 is 5.32 Å². The van der Waals surface area contributed by atoms with E-state index in [1.165, 1.54) is 24.5 Å². The van der Waals surface area contributed by atoms with E-state index in [0.29, 0.717) is 0 Å². The Labute approximate surface area is 120 Å². The minimum Gasteiger partial charge on any atom is -0.339 e. The van der Waals surface area contributed by atoms with Gasteiger partial charge >= 0.3 is 6.18 Å². The number of hydrogen-bond acceptors (Lipinski definition) is 3. The van der Waals surface area contributed by atoms with Crippen LogP contribution in [0.25, 0.3) is 0 Å². The molecule has 1 aromatic heterocycles. The first-order valence-corrected chi connectivity index (χ1v) is 6.14. The summed E-state index contributed by atoms with van der Waals surface area (Å²) < 4.78 is 38.1. The minimum absolute atomic E-state index is 0.0253. The number of rotatable bonds is 2. The van der Waals surface area contributed by atoms with Crippen LogP contribution in [0.4, 0.5) is 24.7 Å². The van der Waals surface area contributed by atoms with E-state index in [1.807, 2.05) is 0 Å². The van der Waals surface area contributed by atoms with Gasteiger partial charge in [0, 0.05) is 10.2 Å². The fourth-order valence-corrected chi connectivity index (χ4v) is 1.99. The molecule has 0 spiro atoms. The van der Waals surface area contributed by atoms with Crippen molar-refractivity contribution in [2.75, 3.05) is 5.32 Å². The molecule has 0 radical (unpaired) electrons. The SMILES string of the molecule is FC(F)(F)c1cc(Nc2cncc(Cl)n2)ccc1Br. The van der Waals surface area contributed by atoms with Gasteiger partial charge in [0.25, 0.3) is 0 Å². The lowest BCUT2D eigenvalue weighted by Gasteiger charge is -2.12. The Balaban J connectivity index is 2.32. The second kappa shape index (κ2) is 5.34. The van der Waals surface area contributed by atoms with Crippen molar-refractivity contribution in [3.8, 4) is 0 Å². The van der Waals surface area contributed by atoms with Crippen LogP contribution in [0.15, 0.2) is 35.1 Å². The van der Waals surface area contributed by atoms with E-state index in [0.717, 1.165) is 6.07 Å². The average molecular weight is 353 g/mol. The fourth-order valence-electron chi connectivity index (χ4n) is 1.37. The van der Waals surface area contributed by atoms with E-state index in [4.69, 9.17) is 11.6 Å². The molecule has 2 rings (SSSR count). The molecule has 1 aromatic carbocycles. The summed E-state index contributed by atoms with van der Waals surface area (Å²) in [7, 11) is 0. The van der Waals surface area contributed by atoms with Gasteiger partial charge in [-0.15, -0.1) is 0 Å². The topological polar surface area (TPSA) is 37.8 Å². The molecular weight excluding hydrogens is 346 g/mol. The molecule has 0 unspecified atom stereocenters. The standard InChI is InChI=1S/C11H6BrClF3N3/c12-8-2-1-6(3-7(8)11(14,15)16)18-10-5-17-4-9(13)19-10/h1-5H,(H,18,19). The van der Waals surface area contributed by atoms with Crippen LogP contribution in [0.5, 0.6) is 0 Å². The highest BCUT2D eigenvalue weighted by molar-refractivity contribution is 9.10. The van der Waals surface area contributed by atoms with Gasteiger partial charge in [0.1, 0.15) is 5.15 Å². The number of anilines is 2. The van der Waals surface area contributed by atoms with Crippen molar-refractivity contribution in [2.24, 2.45) is 0 Å². The maximum atomic E-state index is 12.7. The van der Waals surface area contributed by atoms with E-state index in [9.17, 15) is 13.2 Å². The molecule has 0 bridgehead atoms. The molecule has 0 atom stereocenters. The largest absolute Gasteiger partial charge is 0.417 e. The summed E-state index contributed by atoms with van der Waals surface area (Å²) in [6.45, 7) is 0. The first kappa shape index (κ1) is 14.1. The van der Waals surface area contributed by atoms with Crippen molar-refractivity contribution in [1.82, 2.24) is 9.97 Å². The lowest BCUT2D eigenvalue weighted by molar-refractivity contribution is -0.138. The van der Waals surface area contributed by atoms with Gasteiger partial charge in [-0.25, -0.2) is 4.98 Å². The maximum Gasteiger partial charge on any atom is 0.417 e. The minimum atomic E-state index is -4.43. The van der Waals surface area contributed by atoms with Crippen molar-refractivity contribution in [1.29, 1.82) is 0 Å². The average Bonchev–Trinajstić information content (AvgIpc) is 2.30. The molecular formula is C11H6BrClF3N3. The summed E-state index contributed by atoms with van der Waals surface area (Å²) in [5.74, 6) is 0.267. The van der Waals surface area contributed by atoms with Gasteiger partial charge in [-0.3, -0.25) is 4.98 Å². The van der Waals surface area contributed by atoms with Gasteiger partial charge in [0.2, 0.25) is 0 Å². The van der Waals surface area contributed by atoms with Crippen molar-refractivity contribution < 1.29 is 13.2 Å². The molecule has 1 heterocycles. The lowest BCUT2D eigenvalue weighted by Crippen LogP contribution is -2.07. The van der Waals surface area contributed by atoms with Gasteiger partial charge in [0.15, 0.2) is 5.82 Å². The number of aromatic nitrogens is 2. The molecule has 0 aliphatic carbocycles. The van der Waals surface area contributed by atoms with E-state index in [-0.39, 0.29) is 21.1 Å². The number of benzene rings is 1. The molecule has 0 fully saturated rings. The van der Waals surface area contributed by atoms with E-state index in [2.05, 4.69) is 31.2 Å². The summed E-state index contributed by atoms with van der Waals surface area (Å²) in [6, 6.07) is 3.78. The number of alkyl halides is 3.